The van der Waals surface area contributed by atoms with Crippen molar-refractivity contribution < 1.29 is 0 Å². The van der Waals surface area contributed by atoms with E-state index in [0.29, 0.717) is 6.04 Å². The Hall–Kier alpha value is -1.49. The van der Waals surface area contributed by atoms with E-state index in [4.69, 9.17) is 0 Å². The van der Waals surface area contributed by atoms with Crippen LogP contribution in [0, 0.1) is 0 Å². The van der Waals surface area contributed by atoms with Crippen LogP contribution >= 0.6 is 12.4 Å². The van der Waals surface area contributed by atoms with Crippen LogP contribution < -0.4 is 5.32 Å². The zero-order valence-electron chi connectivity index (χ0n) is 11.0. The van der Waals surface area contributed by atoms with Gasteiger partial charge in [0.05, 0.1) is 24.1 Å². The maximum Gasteiger partial charge on any atom is 0.0815 e. The monoisotopic (exact) mass is 269 g/mol. The number of nitrogens with zero attached hydrogens (tertiary/aromatic N) is 4. The molecule has 1 N–H and O–H groups in total. The van der Waals surface area contributed by atoms with Crippen LogP contribution in [0.5, 0.6) is 0 Å². The molecule has 100 valence electrons. The fraction of sp³-hybridized carbons (Fsp3) is 0.500. The van der Waals surface area contributed by atoms with E-state index >= 15 is 0 Å². The van der Waals surface area contributed by atoms with Crippen LogP contribution in [0.15, 0.2) is 24.7 Å². The molecular weight excluding hydrogens is 250 g/mol. The van der Waals surface area contributed by atoms with Crippen LogP contribution in [0.25, 0.3) is 0 Å². The Balaban J connectivity index is 0.00000162. The van der Waals surface area contributed by atoms with Crippen molar-refractivity contribution in [3.05, 3.63) is 30.4 Å². The molecule has 0 aliphatic carbocycles. The minimum absolute atomic E-state index is 0. The fourth-order valence-electron chi connectivity index (χ4n) is 1.58. The summed E-state index contributed by atoms with van der Waals surface area (Å²) in [6.07, 6.45) is 5.85. The molecule has 0 aliphatic rings. The average molecular weight is 270 g/mol. The smallest absolute Gasteiger partial charge is 0.0815 e. The summed E-state index contributed by atoms with van der Waals surface area (Å²) in [5.74, 6) is 0. The average Bonchev–Trinajstić information content (AvgIpc) is 2.95. The molecule has 2 aromatic rings. The minimum Gasteiger partial charge on any atom is -0.377 e. The molecule has 0 fully saturated rings. The predicted octanol–water partition coefficient (Wildman–Crippen LogP) is 2.71. The molecule has 0 unspecified atom stereocenters. The maximum absolute atomic E-state index is 4.41. The van der Waals surface area contributed by atoms with Crippen LogP contribution in [0.1, 0.15) is 32.5 Å². The van der Waals surface area contributed by atoms with Gasteiger partial charge in [0, 0.05) is 25.0 Å². The second-order valence-electron chi connectivity index (χ2n) is 4.32. The first kappa shape index (κ1) is 14.6. The highest BCUT2D eigenvalue weighted by Gasteiger charge is 2.02. The standard InChI is InChI=1S/C12H19N5.ClH/c1-4-16-6-5-11(15-16)7-13-12-8-14-17(9-12)10(2)3;/h5-6,8-10,13H,4,7H2,1-3H3;1H. The lowest BCUT2D eigenvalue weighted by molar-refractivity contribution is 0.532. The summed E-state index contributed by atoms with van der Waals surface area (Å²) in [7, 11) is 0. The van der Waals surface area contributed by atoms with E-state index < -0.39 is 0 Å². The Morgan fingerprint density at radius 1 is 1.39 bits per heavy atom. The third-order valence-electron chi connectivity index (χ3n) is 2.62. The van der Waals surface area contributed by atoms with E-state index in [0.717, 1.165) is 24.5 Å². The van der Waals surface area contributed by atoms with E-state index in [-0.39, 0.29) is 12.4 Å². The van der Waals surface area contributed by atoms with E-state index in [1.165, 1.54) is 0 Å². The predicted molar refractivity (Wildman–Crippen MR) is 75.1 cm³/mol. The number of anilines is 1. The summed E-state index contributed by atoms with van der Waals surface area (Å²) in [5, 5.41) is 12.0. The van der Waals surface area contributed by atoms with Crippen molar-refractivity contribution in [2.75, 3.05) is 5.32 Å². The molecule has 0 aromatic carbocycles. The second-order valence-corrected chi connectivity index (χ2v) is 4.32. The van der Waals surface area contributed by atoms with Crippen molar-refractivity contribution in [2.24, 2.45) is 0 Å². The number of rotatable bonds is 5. The first-order valence-corrected chi connectivity index (χ1v) is 5.99. The van der Waals surface area contributed by atoms with Crippen molar-refractivity contribution in [3.8, 4) is 0 Å². The van der Waals surface area contributed by atoms with Gasteiger partial charge in [0.1, 0.15) is 0 Å². The van der Waals surface area contributed by atoms with Crippen LogP contribution in [-0.2, 0) is 13.1 Å². The number of hydrogen-bond acceptors (Lipinski definition) is 3. The SMILES string of the molecule is CCn1ccc(CNc2cnn(C(C)C)c2)n1.Cl. The third kappa shape index (κ3) is 3.50. The lowest BCUT2D eigenvalue weighted by atomic mass is 10.4. The molecule has 0 aliphatic heterocycles. The van der Waals surface area contributed by atoms with Crippen LogP contribution in [0.2, 0.25) is 0 Å². The zero-order chi connectivity index (χ0) is 12.3. The van der Waals surface area contributed by atoms with Crippen LogP contribution in [0.3, 0.4) is 0 Å². The summed E-state index contributed by atoms with van der Waals surface area (Å²) >= 11 is 0. The Labute approximate surface area is 114 Å². The van der Waals surface area contributed by atoms with E-state index in [1.807, 2.05) is 34.0 Å². The van der Waals surface area contributed by atoms with Crippen LogP contribution in [-0.4, -0.2) is 19.6 Å². The lowest BCUT2D eigenvalue weighted by Crippen LogP contribution is -2.02. The number of halogens is 1. The van der Waals surface area contributed by atoms with E-state index in [1.54, 1.807) is 0 Å². The van der Waals surface area contributed by atoms with Crippen molar-refractivity contribution in [1.29, 1.82) is 0 Å². The van der Waals surface area contributed by atoms with Gasteiger partial charge in [0.25, 0.3) is 0 Å². The first-order valence-electron chi connectivity index (χ1n) is 5.99. The highest BCUT2D eigenvalue weighted by Crippen LogP contribution is 2.10. The van der Waals surface area contributed by atoms with Crippen LogP contribution in [0.4, 0.5) is 5.69 Å². The summed E-state index contributed by atoms with van der Waals surface area (Å²) in [4.78, 5) is 0. The molecule has 2 heterocycles. The van der Waals surface area contributed by atoms with Crippen molar-refractivity contribution in [1.82, 2.24) is 19.6 Å². The molecule has 18 heavy (non-hydrogen) atoms. The van der Waals surface area contributed by atoms with Crippen molar-refractivity contribution in [2.45, 2.75) is 39.9 Å². The van der Waals surface area contributed by atoms with Gasteiger partial charge in [-0.2, -0.15) is 10.2 Å². The Kier molecular flexibility index (Phi) is 5.22. The molecule has 0 amide bonds. The highest BCUT2D eigenvalue weighted by atomic mass is 35.5. The fourth-order valence-corrected chi connectivity index (χ4v) is 1.58. The summed E-state index contributed by atoms with van der Waals surface area (Å²) in [5.41, 5.74) is 2.08. The molecule has 0 radical (unpaired) electrons. The van der Waals surface area contributed by atoms with Gasteiger partial charge in [-0.1, -0.05) is 0 Å². The quantitative estimate of drug-likeness (QED) is 0.908. The largest absolute Gasteiger partial charge is 0.377 e. The summed E-state index contributed by atoms with van der Waals surface area (Å²) in [6.45, 7) is 7.94. The Morgan fingerprint density at radius 3 is 2.72 bits per heavy atom. The third-order valence-corrected chi connectivity index (χ3v) is 2.62. The molecule has 0 saturated heterocycles. The maximum atomic E-state index is 4.41. The Bertz CT molecular complexity index is 474. The van der Waals surface area contributed by atoms with Gasteiger partial charge in [-0.3, -0.25) is 9.36 Å². The summed E-state index contributed by atoms with van der Waals surface area (Å²) < 4.78 is 3.86. The van der Waals surface area contributed by atoms with Gasteiger partial charge in [-0.15, -0.1) is 12.4 Å². The Morgan fingerprint density at radius 2 is 2.17 bits per heavy atom. The molecule has 0 atom stereocenters. The van der Waals surface area contributed by atoms with Gasteiger partial charge in [0.2, 0.25) is 0 Å². The van der Waals surface area contributed by atoms with E-state index in [2.05, 4.69) is 36.3 Å². The normalized spacial score (nSPS) is 10.4. The van der Waals surface area contributed by atoms with Crippen molar-refractivity contribution in [3.63, 3.8) is 0 Å². The first-order chi connectivity index (χ1) is 8.19. The molecule has 2 aromatic heterocycles. The van der Waals surface area contributed by atoms with Gasteiger partial charge in [-0.05, 0) is 26.8 Å². The highest BCUT2D eigenvalue weighted by molar-refractivity contribution is 5.85. The molecule has 6 heteroatoms. The van der Waals surface area contributed by atoms with E-state index in [9.17, 15) is 0 Å². The van der Waals surface area contributed by atoms with Gasteiger partial charge in [0.15, 0.2) is 0 Å². The summed E-state index contributed by atoms with van der Waals surface area (Å²) in [6, 6.07) is 2.42. The second kappa shape index (κ2) is 6.44. The number of nitrogens with one attached hydrogen (secondary N) is 1. The molecule has 2 rings (SSSR count). The number of hydrogen-bond donors (Lipinski definition) is 1. The number of aryl methyl sites for hydroxylation is 1. The number of aromatic nitrogens is 4. The topological polar surface area (TPSA) is 47.7 Å². The zero-order valence-corrected chi connectivity index (χ0v) is 11.8. The minimum atomic E-state index is 0. The van der Waals surface area contributed by atoms with Gasteiger partial charge in [-0.25, -0.2) is 0 Å². The molecule has 5 nitrogen and oxygen atoms in total. The molecule has 0 bridgehead atoms. The lowest BCUT2D eigenvalue weighted by Gasteiger charge is -2.03. The molecular formula is C12H20ClN5. The van der Waals surface area contributed by atoms with Crippen molar-refractivity contribution >= 4 is 18.1 Å². The van der Waals surface area contributed by atoms with Gasteiger partial charge < -0.3 is 5.32 Å². The van der Waals surface area contributed by atoms with Gasteiger partial charge >= 0.3 is 0 Å². The molecule has 0 spiro atoms. The molecule has 0 saturated carbocycles.